The van der Waals surface area contributed by atoms with Crippen LogP contribution in [0, 0.1) is 11.8 Å². The molecule has 0 spiro atoms. The summed E-state index contributed by atoms with van der Waals surface area (Å²) >= 11 is 0. The highest BCUT2D eigenvalue weighted by Gasteiger charge is 2.29. The van der Waals surface area contributed by atoms with Crippen LogP contribution in [0.25, 0.3) is 0 Å². The maximum absolute atomic E-state index is 10.8. The first kappa shape index (κ1) is 15.0. The van der Waals surface area contributed by atoms with Gasteiger partial charge in [0.25, 0.3) is 0 Å². The summed E-state index contributed by atoms with van der Waals surface area (Å²) in [6.45, 7) is 6.32. The van der Waals surface area contributed by atoms with Crippen molar-refractivity contribution >= 4 is 5.97 Å². The first-order chi connectivity index (χ1) is 8.41. The second-order valence-electron chi connectivity index (χ2n) is 5.53. The van der Waals surface area contributed by atoms with Crippen molar-refractivity contribution in [3.05, 3.63) is 23.3 Å². The maximum atomic E-state index is 10.8. The minimum atomic E-state index is -0.898. The van der Waals surface area contributed by atoms with Crippen LogP contribution in [-0.4, -0.2) is 22.3 Å². The zero-order chi connectivity index (χ0) is 13.7. The Balaban J connectivity index is 2.53. The third-order valence-electron chi connectivity index (χ3n) is 3.74. The van der Waals surface area contributed by atoms with Gasteiger partial charge < -0.3 is 10.2 Å². The molecule has 0 aliphatic heterocycles. The van der Waals surface area contributed by atoms with E-state index in [1.165, 1.54) is 11.6 Å². The van der Waals surface area contributed by atoms with Crippen LogP contribution in [0.3, 0.4) is 0 Å². The van der Waals surface area contributed by atoms with E-state index in [1.807, 2.05) is 0 Å². The van der Waals surface area contributed by atoms with E-state index in [2.05, 4.69) is 26.8 Å². The average molecular weight is 252 g/mol. The lowest BCUT2D eigenvalue weighted by Gasteiger charge is -2.30. The Kier molecular flexibility index (Phi) is 5.60. The SMILES string of the molecule is CC(C)=CCC[C@@H](C)[C@@H]1CCC(C(=O)O)=C[C@H]1O. The van der Waals surface area contributed by atoms with E-state index < -0.39 is 12.1 Å². The summed E-state index contributed by atoms with van der Waals surface area (Å²) in [5, 5.41) is 18.9. The van der Waals surface area contributed by atoms with Crippen LogP contribution in [0.2, 0.25) is 0 Å². The van der Waals surface area contributed by atoms with Crippen molar-refractivity contribution in [3.8, 4) is 0 Å². The van der Waals surface area contributed by atoms with E-state index in [4.69, 9.17) is 5.11 Å². The first-order valence-electron chi connectivity index (χ1n) is 6.67. The van der Waals surface area contributed by atoms with Crippen molar-refractivity contribution in [2.24, 2.45) is 11.8 Å². The van der Waals surface area contributed by atoms with Crippen LogP contribution in [-0.2, 0) is 4.79 Å². The fraction of sp³-hybridized carbons (Fsp3) is 0.667. The number of hydrogen-bond acceptors (Lipinski definition) is 2. The average Bonchev–Trinajstić information content (AvgIpc) is 2.27. The molecule has 0 aromatic carbocycles. The second-order valence-corrected chi connectivity index (χ2v) is 5.53. The van der Waals surface area contributed by atoms with Crippen LogP contribution < -0.4 is 0 Å². The molecule has 0 fully saturated rings. The molecule has 2 N–H and O–H groups in total. The van der Waals surface area contributed by atoms with Crippen molar-refractivity contribution in [2.45, 2.75) is 52.6 Å². The Hall–Kier alpha value is -1.09. The van der Waals surface area contributed by atoms with Crippen molar-refractivity contribution in [3.63, 3.8) is 0 Å². The molecule has 0 aromatic rings. The lowest BCUT2D eigenvalue weighted by atomic mass is 9.78. The largest absolute Gasteiger partial charge is 0.478 e. The van der Waals surface area contributed by atoms with Crippen LogP contribution in [0.1, 0.15) is 46.5 Å². The molecule has 1 aliphatic rings. The molecule has 18 heavy (non-hydrogen) atoms. The molecule has 1 rings (SSSR count). The van der Waals surface area contributed by atoms with Gasteiger partial charge in [0.2, 0.25) is 0 Å². The van der Waals surface area contributed by atoms with Crippen LogP contribution in [0.4, 0.5) is 0 Å². The molecule has 0 saturated carbocycles. The van der Waals surface area contributed by atoms with Gasteiger partial charge in [-0.2, -0.15) is 0 Å². The van der Waals surface area contributed by atoms with Gasteiger partial charge >= 0.3 is 5.97 Å². The number of rotatable bonds is 5. The number of allylic oxidation sites excluding steroid dienone is 2. The van der Waals surface area contributed by atoms with Gasteiger partial charge in [-0.1, -0.05) is 18.6 Å². The van der Waals surface area contributed by atoms with Crippen LogP contribution >= 0.6 is 0 Å². The summed E-state index contributed by atoms with van der Waals surface area (Å²) < 4.78 is 0. The fourth-order valence-corrected chi connectivity index (χ4v) is 2.55. The van der Waals surface area contributed by atoms with Gasteiger partial charge in [0.1, 0.15) is 0 Å². The first-order valence-corrected chi connectivity index (χ1v) is 6.67. The number of aliphatic hydroxyl groups is 1. The quantitative estimate of drug-likeness (QED) is 0.739. The predicted octanol–water partition coefficient (Wildman–Crippen LogP) is 3.15. The number of carboxylic acids is 1. The predicted molar refractivity (Wildman–Crippen MR) is 72.3 cm³/mol. The summed E-state index contributed by atoms with van der Waals surface area (Å²) in [4.78, 5) is 10.8. The molecule has 0 bridgehead atoms. The van der Waals surface area contributed by atoms with Gasteiger partial charge in [0.15, 0.2) is 0 Å². The highest BCUT2D eigenvalue weighted by atomic mass is 16.4. The number of aliphatic carboxylic acids is 1. The molecular weight excluding hydrogens is 228 g/mol. The van der Waals surface area contributed by atoms with Gasteiger partial charge in [-0.25, -0.2) is 4.79 Å². The van der Waals surface area contributed by atoms with Crippen molar-refractivity contribution in [1.29, 1.82) is 0 Å². The molecule has 3 nitrogen and oxygen atoms in total. The van der Waals surface area contributed by atoms with Gasteiger partial charge in [0, 0.05) is 5.57 Å². The van der Waals surface area contributed by atoms with E-state index in [0.29, 0.717) is 17.9 Å². The van der Waals surface area contributed by atoms with Crippen LogP contribution in [0.15, 0.2) is 23.3 Å². The maximum Gasteiger partial charge on any atom is 0.331 e. The Bertz CT molecular complexity index is 351. The standard InChI is InChI=1S/C15H24O3/c1-10(2)5-4-6-11(3)13-8-7-12(15(17)18)9-14(13)16/h5,9,11,13-14,16H,4,6-8H2,1-3H3,(H,17,18)/t11-,13+,14-/m1/s1. The zero-order valence-electron chi connectivity index (χ0n) is 11.5. The molecule has 0 aromatic heterocycles. The normalized spacial score (nSPS) is 25.2. The molecule has 0 unspecified atom stereocenters. The Labute approximate surface area is 109 Å². The summed E-state index contributed by atoms with van der Waals surface area (Å²) in [7, 11) is 0. The number of carbonyl (C=O) groups is 1. The number of aliphatic hydroxyl groups excluding tert-OH is 1. The van der Waals surface area contributed by atoms with Crippen molar-refractivity contribution in [1.82, 2.24) is 0 Å². The third kappa shape index (κ3) is 4.30. The van der Waals surface area contributed by atoms with Gasteiger partial charge in [-0.15, -0.1) is 0 Å². The van der Waals surface area contributed by atoms with Gasteiger partial charge in [-0.3, -0.25) is 0 Å². The second kappa shape index (κ2) is 6.74. The summed E-state index contributed by atoms with van der Waals surface area (Å²) in [6, 6.07) is 0. The Morgan fingerprint density at radius 2 is 2.22 bits per heavy atom. The molecule has 1 aliphatic carbocycles. The lowest BCUT2D eigenvalue weighted by Crippen LogP contribution is -2.29. The molecule has 0 saturated heterocycles. The van der Waals surface area contributed by atoms with E-state index >= 15 is 0 Å². The fourth-order valence-electron chi connectivity index (χ4n) is 2.55. The van der Waals surface area contributed by atoms with E-state index in [1.54, 1.807) is 0 Å². The number of carboxylic acid groups (broad SMARTS) is 1. The van der Waals surface area contributed by atoms with E-state index in [9.17, 15) is 9.90 Å². The van der Waals surface area contributed by atoms with E-state index in [0.717, 1.165) is 19.3 Å². The molecular formula is C15H24O3. The minimum absolute atomic E-state index is 0.193. The molecule has 0 amide bonds. The third-order valence-corrected chi connectivity index (χ3v) is 3.74. The highest BCUT2D eigenvalue weighted by molar-refractivity contribution is 5.86. The lowest BCUT2D eigenvalue weighted by molar-refractivity contribution is -0.133. The molecule has 3 heteroatoms. The Morgan fingerprint density at radius 1 is 1.56 bits per heavy atom. The zero-order valence-corrected chi connectivity index (χ0v) is 11.5. The minimum Gasteiger partial charge on any atom is -0.478 e. The topological polar surface area (TPSA) is 57.5 Å². The Morgan fingerprint density at radius 3 is 2.72 bits per heavy atom. The molecule has 102 valence electrons. The highest BCUT2D eigenvalue weighted by Crippen LogP contribution is 2.32. The van der Waals surface area contributed by atoms with E-state index in [-0.39, 0.29) is 5.92 Å². The summed E-state index contributed by atoms with van der Waals surface area (Å²) in [5.74, 6) is -0.287. The van der Waals surface area contributed by atoms with Crippen molar-refractivity contribution in [2.75, 3.05) is 0 Å². The smallest absolute Gasteiger partial charge is 0.331 e. The molecule has 3 atom stereocenters. The summed E-state index contributed by atoms with van der Waals surface area (Å²) in [6.07, 6.45) is 6.55. The molecule has 0 heterocycles. The van der Waals surface area contributed by atoms with Gasteiger partial charge in [-0.05, 0) is 57.4 Å². The summed E-state index contributed by atoms with van der Waals surface area (Å²) in [5.41, 5.74) is 1.68. The van der Waals surface area contributed by atoms with Crippen LogP contribution in [0.5, 0.6) is 0 Å². The number of hydrogen-bond donors (Lipinski definition) is 2. The van der Waals surface area contributed by atoms with Gasteiger partial charge in [0.05, 0.1) is 6.10 Å². The molecule has 0 radical (unpaired) electrons. The monoisotopic (exact) mass is 252 g/mol. The van der Waals surface area contributed by atoms with Crippen molar-refractivity contribution < 1.29 is 15.0 Å².